The number of hydrogen-bond acceptors (Lipinski definition) is 4. The molecule has 0 radical (unpaired) electrons. The molecular weight excluding hydrogens is 901 g/mol. The van der Waals surface area contributed by atoms with Crippen LogP contribution in [0.4, 0.5) is 34.1 Å². The second-order valence-electron chi connectivity index (χ2n) is 20.3. The van der Waals surface area contributed by atoms with Gasteiger partial charge in [-0.05, 0) is 117 Å². The molecule has 0 saturated carbocycles. The lowest BCUT2D eigenvalue weighted by Gasteiger charge is -2.38. The fourth-order valence-electron chi connectivity index (χ4n) is 13.0. The van der Waals surface area contributed by atoms with Gasteiger partial charge < -0.3 is 18.6 Å². The second kappa shape index (κ2) is 16.1. The van der Waals surface area contributed by atoms with Crippen molar-refractivity contribution in [3.05, 3.63) is 288 Å². The summed E-state index contributed by atoms with van der Waals surface area (Å²) in [6.45, 7) is 4.68. The van der Waals surface area contributed by atoms with Gasteiger partial charge in [0.2, 0.25) is 0 Å². The number of benzene rings is 11. The Morgan fingerprint density at radius 1 is 0.324 bits per heavy atom. The first-order chi connectivity index (χ1) is 36.5. The van der Waals surface area contributed by atoms with Gasteiger partial charge in [0.1, 0.15) is 16.7 Å². The van der Waals surface area contributed by atoms with Gasteiger partial charge in [0, 0.05) is 44.2 Å². The number of hydrogen-bond donors (Lipinski definition) is 0. The molecule has 0 spiro atoms. The van der Waals surface area contributed by atoms with Crippen molar-refractivity contribution in [2.75, 3.05) is 9.80 Å². The SMILES string of the molecule is CC1(C)c2ccccc2-c2cc(N(c3cccc(N(c4cccc5c4C(c4ccccc4)(c4ccccc4)c4ccccc4-5)c4cccc5oc6ccccc6c45)c3)c3cccc4c3oc3ccccc34)ccc21. The third-order valence-electron chi connectivity index (χ3n) is 16.1. The van der Waals surface area contributed by atoms with E-state index in [0.29, 0.717) is 0 Å². The Hall–Kier alpha value is -9.38. The van der Waals surface area contributed by atoms with E-state index < -0.39 is 5.41 Å². The fourth-order valence-corrected chi connectivity index (χ4v) is 13.0. The average molecular weight is 949 g/mol. The minimum Gasteiger partial charge on any atom is -0.456 e. The minimum absolute atomic E-state index is 0.142. The summed E-state index contributed by atoms with van der Waals surface area (Å²) in [4.78, 5) is 4.90. The van der Waals surface area contributed by atoms with E-state index in [4.69, 9.17) is 8.83 Å². The first kappa shape index (κ1) is 42.3. The zero-order valence-corrected chi connectivity index (χ0v) is 41.0. The fraction of sp³-hybridized carbons (Fsp3) is 0.0571. The number of fused-ring (bicyclic) bond motifs is 12. The molecule has 4 nitrogen and oxygen atoms in total. The molecule has 15 rings (SSSR count). The maximum atomic E-state index is 6.91. The molecule has 0 atom stereocenters. The van der Waals surface area contributed by atoms with E-state index in [9.17, 15) is 0 Å². The highest BCUT2D eigenvalue weighted by atomic mass is 16.3. The van der Waals surface area contributed by atoms with E-state index in [0.717, 1.165) is 78.0 Å². The Balaban J connectivity index is 1.03. The van der Waals surface area contributed by atoms with Gasteiger partial charge in [0.25, 0.3) is 0 Å². The molecule has 0 N–H and O–H groups in total. The first-order valence-electron chi connectivity index (χ1n) is 25.6. The largest absolute Gasteiger partial charge is 0.456 e. The van der Waals surface area contributed by atoms with E-state index in [1.54, 1.807) is 0 Å². The van der Waals surface area contributed by atoms with Crippen molar-refractivity contribution < 1.29 is 8.83 Å². The molecule has 0 saturated heterocycles. The van der Waals surface area contributed by atoms with Crippen LogP contribution in [0.15, 0.2) is 264 Å². The lowest BCUT2D eigenvalue weighted by molar-refractivity contribution is 0.660. The van der Waals surface area contributed by atoms with Crippen LogP contribution in [-0.4, -0.2) is 0 Å². The third-order valence-corrected chi connectivity index (χ3v) is 16.1. The molecule has 11 aromatic carbocycles. The Bertz CT molecular complexity index is 4330. The summed E-state index contributed by atoms with van der Waals surface area (Å²) in [6, 6.07) is 92.9. The summed E-state index contributed by atoms with van der Waals surface area (Å²) >= 11 is 0. The van der Waals surface area contributed by atoms with E-state index in [2.05, 4.69) is 272 Å². The Morgan fingerprint density at radius 3 is 1.61 bits per heavy atom. The van der Waals surface area contributed by atoms with Crippen LogP contribution in [0.25, 0.3) is 66.1 Å². The number of furan rings is 2. The monoisotopic (exact) mass is 948 g/mol. The molecule has 2 heterocycles. The van der Waals surface area contributed by atoms with E-state index in [1.165, 1.54) is 55.6 Å². The van der Waals surface area contributed by atoms with Crippen LogP contribution in [0, 0.1) is 0 Å². The van der Waals surface area contributed by atoms with Gasteiger partial charge in [-0.2, -0.15) is 0 Å². The highest BCUT2D eigenvalue weighted by Gasteiger charge is 2.48. The van der Waals surface area contributed by atoms with Crippen molar-refractivity contribution in [2.24, 2.45) is 0 Å². The van der Waals surface area contributed by atoms with Crippen LogP contribution in [0.5, 0.6) is 0 Å². The third kappa shape index (κ3) is 5.97. The Labute approximate surface area is 429 Å². The topological polar surface area (TPSA) is 32.8 Å². The molecule has 0 fully saturated rings. The number of para-hydroxylation sites is 3. The highest BCUT2D eigenvalue weighted by Crippen LogP contribution is 2.61. The molecule has 0 unspecified atom stereocenters. The molecule has 0 aliphatic heterocycles. The average Bonchev–Trinajstić information content (AvgIpc) is 4.27. The summed E-state index contributed by atoms with van der Waals surface area (Å²) < 4.78 is 13.6. The summed E-state index contributed by atoms with van der Waals surface area (Å²) in [5.74, 6) is 0. The molecule has 2 aliphatic carbocycles. The molecule has 74 heavy (non-hydrogen) atoms. The number of rotatable bonds is 8. The zero-order chi connectivity index (χ0) is 49.1. The summed E-state index contributed by atoms with van der Waals surface area (Å²) in [7, 11) is 0. The lowest BCUT2D eigenvalue weighted by atomic mass is 9.67. The zero-order valence-electron chi connectivity index (χ0n) is 41.0. The van der Waals surface area contributed by atoms with Crippen molar-refractivity contribution >= 4 is 78.0 Å². The summed E-state index contributed by atoms with van der Waals surface area (Å²) in [6.07, 6.45) is 0. The maximum absolute atomic E-state index is 6.91. The van der Waals surface area contributed by atoms with Crippen LogP contribution in [0.2, 0.25) is 0 Å². The summed E-state index contributed by atoms with van der Waals surface area (Å²) in [5, 5.41) is 4.28. The Morgan fingerprint density at radius 2 is 0.838 bits per heavy atom. The lowest BCUT2D eigenvalue weighted by Crippen LogP contribution is -2.30. The van der Waals surface area contributed by atoms with Crippen LogP contribution in [0.1, 0.15) is 47.2 Å². The van der Waals surface area contributed by atoms with Gasteiger partial charge in [-0.15, -0.1) is 0 Å². The van der Waals surface area contributed by atoms with Gasteiger partial charge in [-0.3, -0.25) is 0 Å². The minimum atomic E-state index is -0.676. The molecular formula is C70H48N2O2. The van der Waals surface area contributed by atoms with Gasteiger partial charge in [0.15, 0.2) is 5.58 Å². The van der Waals surface area contributed by atoms with E-state index in [1.807, 2.05) is 6.07 Å². The van der Waals surface area contributed by atoms with Crippen molar-refractivity contribution in [1.82, 2.24) is 0 Å². The molecule has 0 bridgehead atoms. The molecule has 350 valence electrons. The van der Waals surface area contributed by atoms with Crippen molar-refractivity contribution in [1.29, 1.82) is 0 Å². The predicted octanol–water partition coefficient (Wildman–Crippen LogP) is 19.1. The van der Waals surface area contributed by atoms with Crippen LogP contribution < -0.4 is 9.80 Å². The molecule has 2 aromatic heterocycles. The number of nitrogens with zero attached hydrogens (tertiary/aromatic N) is 2. The van der Waals surface area contributed by atoms with Crippen LogP contribution in [-0.2, 0) is 10.8 Å². The smallest absolute Gasteiger partial charge is 0.159 e. The van der Waals surface area contributed by atoms with Crippen molar-refractivity contribution in [3.63, 3.8) is 0 Å². The normalized spacial score (nSPS) is 13.8. The van der Waals surface area contributed by atoms with Gasteiger partial charge in [-0.1, -0.05) is 202 Å². The predicted molar refractivity (Wildman–Crippen MR) is 305 cm³/mol. The van der Waals surface area contributed by atoms with E-state index >= 15 is 0 Å². The van der Waals surface area contributed by atoms with Crippen molar-refractivity contribution in [3.8, 4) is 22.3 Å². The highest BCUT2D eigenvalue weighted by molar-refractivity contribution is 6.14. The maximum Gasteiger partial charge on any atom is 0.159 e. The van der Waals surface area contributed by atoms with Gasteiger partial charge in [0.05, 0.1) is 27.9 Å². The quantitative estimate of drug-likeness (QED) is 0.152. The van der Waals surface area contributed by atoms with Gasteiger partial charge >= 0.3 is 0 Å². The van der Waals surface area contributed by atoms with E-state index in [-0.39, 0.29) is 5.41 Å². The van der Waals surface area contributed by atoms with Crippen LogP contribution in [0.3, 0.4) is 0 Å². The molecule has 4 heteroatoms. The second-order valence-corrected chi connectivity index (χ2v) is 20.3. The Kier molecular flexibility index (Phi) is 9.19. The van der Waals surface area contributed by atoms with Crippen LogP contribution >= 0.6 is 0 Å². The number of anilines is 6. The first-order valence-corrected chi connectivity index (χ1v) is 25.6. The van der Waals surface area contributed by atoms with Crippen molar-refractivity contribution in [2.45, 2.75) is 24.7 Å². The molecule has 13 aromatic rings. The molecule has 0 amide bonds. The summed E-state index contributed by atoms with van der Waals surface area (Å²) in [5.41, 5.74) is 21.1. The molecule has 2 aliphatic rings. The van der Waals surface area contributed by atoms with Gasteiger partial charge in [-0.25, -0.2) is 0 Å². The standard InChI is InChI=1S/C70H48N2O2/c1-69(2)57-33-13-9-28-51(57)56-44-49(41-42-58(56)69)71(62-37-19-32-54-52-29-11-15-38-63(52)74-68(54)62)47-25-17-26-48(43-47)72(60-35-20-40-65-66(60)55-30-12-16-39-64(55)73-65)61-36-18-31-53-50-27-10-14-34-59(50)70(67(53)61,45-21-5-3-6-22-45)46-23-7-4-8-24-46/h3-44H,1-2H3.